The molecule has 1 aromatic heterocycles. The van der Waals surface area contributed by atoms with Crippen LogP contribution in [-0.4, -0.2) is 33.4 Å². The smallest absolute Gasteiger partial charge is 0.243 e. The standard InChI is InChI=1S/C22H24N4O/c1-3-14-25(15-4-2)21(27)17-26-20-13-9-8-12-19(20)24-22(26)23-16-18-10-6-5-7-11-18/h3-13H,1-2,14-17H2,(H,23,24). The number of nitrogens with one attached hydrogen (secondary N) is 1. The Balaban J connectivity index is 1.86. The molecule has 5 nitrogen and oxygen atoms in total. The first-order chi connectivity index (χ1) is 13.2. The minimum atomic E-state index is 0.000661. The molecule has 5 heteroatoms. The monoisotopic (exact) mass is 360 g/mol. The second kappa shape index (κ2) is 8.85. The van der Waals surface area contributed by atoms with Crippen LogP contribution in [0.25, 0.3) is 11.0 Å². The first kappa shape index (κ1) is 18.5. The van der Waals surface area contributed by atoms with Crippen LogP contribution in [0, 0.1) is 0 Å². The molecule has 0 radical (unpaired) electrons. The van der Waals surface area contributed by atoms with Gasteiger partial charge in [0.25, 0.3) is 0 Å². The topological polar surface area (TPSA) is 50.2 Å². The molecule has 27 heavy (non-hydrogen) atoms. The molecule has 2 aromatic carbocycles. The quantitative estimate of drug-likeness (QED) is 0.590. The Morgan fingerprint density at radius 1 is 1.04 bits per heavy atom. The Kier molecular flexibility index (Phi) is 6.05. The van der Waals surface area contributed by atoms with Crippen LogP contribution in [-0.2, 0) is 17.9 Å². The lowest BCUT2D eigenvalue weighted by Crippen LogP contribution is -2.34. The molecule has 1 N–H and O–H groups in total. The van der Waals surface area contributed by atoms with Gasteiger partial charge in [0.05, 0.1) is 11.0 Å². The maximum Gasteiger partial charge on any atom is 0.243 e. The lowest BCUT2D eigenvalue weighted by molar-refractivity contribution is -0.130. The van der Waals surface area contributed by atoms with E-state index in [1.807, 2.05) is 47.0 Å². The van der Waals surface area contributed by atoms with E-state index in [1.165, 1.54) is 0 Å². The number of para-hydroxylation sites is 2. The van der Waals surface area contributed by atoms with E-state index in [0.29, 0.717) is 25.6 Å². The molecule has 0 spiro atoms. The van der Waals surface area contributed by atoms with Gasteiger partial charge in [0.1, 0.15) is 6.54 Å². The van der Waals surface area contributed by atoms with Crippen molar-refractivity contribution in [3.63, 3.8) is 0 Å². The largest absolute Gasteiger partial charge is 0.352 e. The van der Waals surface area contributed by atoms with Crippen molar-refractivity contribution in [2.75, 3.05) is 18.4 Å². The van der Waals surface area contributed by atoms with Crippen LogP contribution in [0.3, 0.4) is 0 Å². The first-order valence-electron chi connectivity index (χ1n) is 8.95. The summed E-state index contributed by atoms with van der Waals surface area (Å²) in [5.74, 6) is 0.686. The van der Waals surface area contributed by atoms with Gasteiger partial charge in [-0.25, -0.2) is 4.98 Å². The highest BCUT2D eigenvalue weighted by Gasteiger charge is 2.17. The molecule has 3 rings (SSSR count). The average Bonchev–Trinajstić information content (AvgIpc) is 3.04. The summed E-state index contributed by atoms with van der Waals surface area (Å²) in [5.41, 5.74) is 2.95. The van der Waals surface area contributed by atoms with Crippen LogP contribution in [0.1, 0.15) is 5.56 Å². The number of anilines is 1. The SMILES string of the molecule is C=CCN(CC=C)C(=O)Cn1c(NCc2ccccc2)nc2ccccc21. The third-order valence-electron chi connectivity index (χ3n) is 4.29. The fourth-order valence-electron chi connectivity index (χ4n) is 2.97. The fourth-order valence-corrected chi connectivity index (χ4v) is 2.97. The highest BCUT2D eigenvalue weighted by molar-refractivity contribution is 5.83. The number of carbonyl (C=O) groups excluding carboxylic acids is 1. The van der Waals surface area contributed by atoms with Gasteiger partial charge in [0, 0.05) is 19.6 Å². The van der Waals surface area contributed by atoms with Crippen molar-refractivity contribution >= 4 is 22.9 Å². The van der Waals surface area contributed by atoms with Gasteiger partial charge in [0.2, 0.25) is 11.9 Å². The van der Waals surface area contributed by atoms with Crippen LogP contribution < -0.4 is 5.32 Å². The van der Waals surface area contributed by atoms with E-state index < -0.39 is 0 Å². The number of hydrogen-bond acceptors (Lipinski definition) is 3. The second-order valence-electron chi connectivity index (χ2n) is 6.23. The molecule has 0 unspecified atom stereocenters. The lowest BCUT2D eigenvalue weighted by Gasteiger charge is -2.20. The Hall–Kier alpha value is -3.34. The molecule has 1 heterocycles. The summed E-state index contributed by atoms with van der Waals surface area (Å²) in [6.07, 6.45) is 3.45. The molecule has 0 bridgehead atoms. The van der Waals surface area contributed by atoms with Crippen LogP contribution >= 0.6 is 0 Å². The van der Waals surface area contributed by atoms with E-state index >= 15 is 0 Å². The van der Waals surface area contributed by atoms with Crippen LogP contribution in [0.2, 0.25) is 0 Å². The van der Waals surface area contributed by atoms with Crippen molar-refractivity contribution < 1.29 is 4.79 Å². The highest BCUT2D eigenvalue weighted by atomic mass is 16.2. The van der Waals surface area contributed by atoms with Crippen molar-refractivity contribution in [1.29, 1.82) is 0 Å². The van der Waals surface area contributed by atoms with Gasteiger partial charge in [-0.15, -0.1) is 13.2 Å². The van der Waals surface area contributed by atoms with E-state index in [4.69, 9.17) is 0 Å². The first-order valence-corrected chi connectivity index (χ1v) is 8.95. The lowest BCUT2D eigenvalue weighted by atomic mass is 10.2. The van der Waals surface area contributed by atoms with Gasteiger partial charge >= 0.3 is 0 Å². The average molecular weight is 360 g/mol. The zero-order valence-corrected chi connectivity index (χ0v) is 15.3. The summed E-state index contributed by atoms with van der Waals surface area (Å²) in [7, 11) is 0. The zero-order valence-electron chi connectivity index (χ0n) is 15.3. The van der Waals surface area contributed by atoms with Crippen molar-refractivity contribution in [1.82, 2.24) is 14.5 Å². The number of carbonyl (C=O) groups is 1. The molecular formula is C22H24N4O. The summed E-state index contributed by atoms with van der Waals surface area (Å²) in [6.45, 7) is 9.29. The number of hydrogen-bond donors (Lipinski definition) is 1. The third kappa shape index (κ3) is 4.44. The van der Waals surface area contributed by atoms with E-state index in [-0.39, 0.29) is 12.5 Å². The molecule has 138 valence electrons. The molecule has 0 fully saturated rings. The predicted molar refractivity (Wildman–Crippen MR) is 110 cm³/mol. The van der Waals surface area contributed by atoms with Gasteiger partial charge in [-0.05, 0) is 17.7 Å². The number of nitrogens with zero attached hydrogens (tertiary/aromatic N) is 3. The summed E-state index contributed by atoms with van der Waals surface area (Å²) in [5, 5.41) is 3.37. The third-order valence-corrected chi connectivity index (χ3v) is 4.29. The van der Waals surface area contributed by atoms with Crippen LogP contribution in [0.5, 0.6) is 0 Å². The van der Waals surface area contributed by atoms with Gasteiger partial charge in [-0.2, -0.15) is 0 Å². The van der Waals surface area contributed by atoms with E-state index in [2.05, 4.69) is 35.6 Å². The molecular weight excluding hydrogens is 336 g/mol. The van der Waals surface area contributed by atoms with Crippen molar-refractivity contribution in [2.45, 2.75) is 13.1 Å². The highest BCUT2D eigenvalue weighted by Crippen LogP contribution is 2.20. The fraction of sp³-hybridized carbons (Fsp3) is 0.182. The number of fused-ring (bicyclic) bond motifs is 1. The molecule has 0 aliphatic heterocycles. The van der Waals surface area contributed by atoms with Crippen LogP contribution in [0.15, 0.2) is 79.9 Å². The minimum Gasteiger partial charge on any atom is -0.352 e. The Morgan fingerprint density at radius 3 is 2.41 bits per heavy atom. The summed E-state index contributed by atoms with van der Waals surface area (Å²) in [6, 6.07) is 18.0. The second-order valence-corrected chi connectivity index (χ2v) is 6.23. The van der Waals surface area contributed by atoms with E-state index in [9.17, 15) is 4.79 Å². The maximum absolute atomic E-state index is 12.8. The molecule has 0 aliphatic carbocycles. The normalized spacial score (nSPS) is 10.5. The summed E-state index contributed by atoms with van der Waals surface area (Å²) in [4.78, 5) is 19.2. The Bertz CT molecular complexity index is 920. The minimum absolute atomic E-state index is 0.000661. The van der Waals surface area contributed by atoms with Crippen LogP contribution in [0.4, 0.5) is 5.95 Å². The number of amides is 1. The van der Waals surface area contributed by atoms with E-state index in [1.54, 1.807) is 17.1 Å². The molecule has 0 saturated carbocycles. The van der Waals surface area contributed by atoms with Gasteiger partial charge in [-0.3, -0.25) is 4.79 Å². The number of imidazole rings is 1. The summed E-state index contributed by atoms with van der Waals surface area (Å²) < 4.78 is 1.93. The zero-order chi connectivity index (χ0) is 19.1. The Labute approximate surface area is 159 Å². The molecule has 0 aliphatic rings. The van der Waals surface area contributed by atoms with Crippen molar-refractivity contribution in [3.8, 4) is 0 Å². The van der Waals surface area contributed by atoms with E-state index in [0.717, 1.165) is 16.6 Å². The van der Waals surface area contributed by atoms with Gasteiger partial charge < -0.3 is 14.8 Å². The Morgan fingerprint density at radius 2 is 1.70 bits per heavy atom. The maximum atomic E-state index is 12.8. The van der Waals surface area contributed by atoms with Gasteiger partial charge in [0.15, 0.2) is 0 Å². The van der Waals surface area contributed by atoms with Gasteiger partial charge in [-0.1, -0.05) is 54.6 Å². The molecule has 1 amide bonds. The molecule has 0 saturated heterocycles. The molecule has 0 atom stereocenters. The predicted octanol–water partition coefficient (Wildman–Crippen LogP) is 3.85. The number of rotatable bonds is 9. The molecule has 3 aromatic rings. The summed E-state index contributed by atoms with van der Waals surface area (Å²) >= 11 is 0. The number of aromatic nitrogens is 2. The number of benzene rings is 2. The van der Waals surface area contributed by atoms with Crippen molar-refractivity contribution in [3.05, 3.63) is 85.5 Å². The van der Waals surface area contributed by atoms with Crippen molar-refractivity contribution in [2.24, 2.45) is 0 Å².